The van der Waals surface area contributed by atoms with E-state index in [1.165, 1.54) is 12.6 Å². The normalized spacial score (nSPS) is 10.2. The van der Waals surface area contributed by atoms with Crippen molar-refractivity contribution < 1.29 is 14.6 Å². The molecule has 0 fully saturated rings. The van der Waals surface area contributed by atoms with Crippen molar-refractivity contribution in [3.05, 3.63) is 48.0 Å². The van der Waals surface area contributed by atoms with E-state index in [0.717, 1.165) is 11.3 Å². The zero-order chi connectivity index (χ0) is 15.4. The molecule has 2 aromatic carbocycles. The Morgan fingerprint density at radius 1 is 1.19 bits per heavy atom. The summed E-state index contributed by atoms with van der Waals surface area (Å²) in [4.78, 5) is 12.1. The largest absolute Gasteiger partial charge is 0.465 e. The molecular formula is C16H18N2O3. The third-order valence-electron chi connectivity index (χ3n) is 3.22. The second kappa shape index (κ2) is 6.17. The van der Waals surface area contributed by atoms with Crippen molar-refractivity contribution in [2.75, 3.05) is 17.7 Å². The highest BCUT2D eigenvalue weighted by atomic mass is 16.5. The van der Waals surface area contributed by atoms with E-state index in [9.17, 15) is 4.79 Å². The van der Waals surface area contributed by atoms with Crippen LogP contribution in [0.2, 0.25) is 0 Å². The van der Waals surface area contributed by atoms with E-state index in [0.29, 0.717) is 22.9 Å². The van der Waals surface area contributed by atoms with E-state index in [-0.39, 0.29) is 0 Å². The summed E-state index contributed by atoms with van der Waals surface area (Å²) in [6, 6.07) is 12.7. The highest BCUT2D eigenvalue weighted by molar-refractivity contribution is 5.90. The zero-order valence-electron chi connectivity index (χ0n) is 12.0. The Bertz CT molecular complexity index is 638. The molecule has 0 saturated carbocycles. The van der Waals surface area contributed by atoms with Gasteiger partial charge in [0.05, 0.1) is 11.4 Å². The van der Waals surface area contributed by atoms with Crippen molar-refractivity contribution in [3.63, 3.8) is 0 Å². The van der Waals surface area contributed by atoms with Crippen LogP contribution in [0.1, 0.15) is 12.5 Å². The molecular weight excluding hydrogens is 268 g/mol. The molecule has 110 valence electrons. The van der Waals surface area contributed by atoms with Gasteiger partial charge in [0.25, 0.3) is 0 Å². The third kappa shape index (κ3) is 3.45. The zero-order valence-corrected chi connectivity index (χ0v) is 12.0. The topological polar surface area (TPSA) is 75.8 Å². The second-order valence-corrected chi connectivity index (χ2v) is 4.66. The number of anilines is 2. The first kappa shape index (κ1) is 14.7. The lowest BCUT2D eigenvalue weighted by molar-refractivity contribution is 0.203. The molecule has 0 atom stereocenters. The van der Waals surface area contributed by atoms with Crippen molar-refractivity contribution in [2.24, 2.45) is 0 Å². The maximum absolute atomic E-state index is 11.0. The molecule has 2 aromatic rings. The Kier molecular flexibility index (Phi) is 4.33. The highest BCUT2D eigenvalue weighted by Crippen LogP contribution is 2.30. The van der Waals surface area contributed by atoms with Crippen molar-refractivity contribution in [2.45, 2.75) is 13.3 Å². The molecule has 0 aliphatic carbocycles. The van der Waals surface area contributed by atoms with Crippen molar-refractivity contribution >= 4 is 17.5 Å². The number of aryl methyl sites for hydroxylation is 1. The smallest absolute Gasteiger partial charge is 0.411 e. The van der Waals surface area contributed by atoms with Crippen LogP contribution in [0.15, 0.2) is 42.5 Å². The van der Waals surface area contributed by atoms with Crippen LogP contribution < -0.4 is 15.4 Å². The monoisotopic (exact) mass is 286 g/mol. The fraction of sp³-hybridized carbons (Fsp3) is 0.188. The van der Waals surface area contributed by atoms with Crippen LogP contribution in [-0.4, -0.2) is 18.2 Å². The highest BCUT2D eigenvalue weighted by Gasteiger charge is 2.13. The number of benzene rings is 2. The summed E-state index contributed by atoms with van der Waals surface area (Å²) < 4.78 is 5.73. The van der Waals surface area contributed by atoms with Crippen molar-refractivity contribution in [3.8, 4) is 11.5 Å². The molecule has 0 unspecified atom stereocenters. The number of rotatable bonds is 4. The summed E-state index contributed by atoms with van der Waals surface area (Å²) in [5, 5.41) is 9.03. The van der Waals surface area contributed by atoms with Crippen LogP contribution >= 0.6 is 0 Å². The third-order valence-corrected chi connectivity index (χ3v) is 3.22. The van der Waals surface area contributed by atoms with E-state index in [4.69, 9.17) is 15.6 Å². The molecule has 0 aliphatic rings. The van der Waals surface area contributed by atoms with Crippen LogP contribution in [0.4, 0.5) is 16.2 Å². The van der Waals surface area contributed by atoms with Gasteiger partial charge in [0, 0.05) is 13.1 Å². The number of carbonyl (C=O) groups is 1. The van der Waals surface area contributed by atoms with Gasteiger partial charge in [0.2, 0.25) is 0 Å². The maximum Gasteiger partial charge on any atom is 0.411 e. The van der Waals surface area contributed by atoms with Crippen molar-refractivity contribution in [1.82, 2.24) is 0 Å². The van der Waals surface area contributed by atoms with Crippen LogP contribution in [-0.2, 0) is 6.42 Å². The molecule has 3 N–H and O–H groups in total. The van der Waals surface area contributed by atoms with E-state index in [1.807, 2.05) is 24.3 Å². The van der Waals surface area contributed by atoms with Gasteiger partial charge in [-0.05, 0) is 36.2 Å². The summed E-state index contributed by atoms with van der Waals surface area (Å²) in [6.07, 6.45) is -0.110. The molecule has 21 heavy (non-hydrogen) atoms. The SMILES string of the molecule is CCc1ccc(Oc2ccc(N)c(N(C)C(=O)O)c2)cc1. The Balaban J connectivity index is 2.24. The molecule has 0 aliphatic heterocycles. The quantitative estimate of drug-likeness (QED) is 0.839. The minimum Gasteiger partial charge on any atom is -0.465 e. The van der Waals surface area contributed by atoms with Crippen LogP contribution in [0.5, 0.6) is 11.5 Å². The summed E-state index contributed by atoms with van der Waals surface area (Å²) in [5.41, 5.74) is 7.80. The lowest BCUT2D eigenvalue weighted by Gasteiger charge is -2.17. The molecule has 5 nitrogen and oxygen atoms in total. The van der Waals surface area contributed by atoms with E-state index in [2.05, 4.69) is 6.92 Å². The Morgan fingerprint density at radius 3 is 2.38 bits per heavy atom. The van der Waals surface area contributed by atoms with Gasteiger partial charge in [-0.2, -0.15) is 0 Å². The Morgan fingerprint density at radius 2 is 1.81 bits per heavy atom. The van der Waals surface area contributed by atoms with Crippen LogP contribution in [0.3, 0.4) is 0 Å². The summed E-state index contributed by atoms with van der Waals surface area (Å²) in [7, 11) is 1.44. The second-order valence-electron chi connectivity index (χ2n) is 4.66. The van der Waals surface area contributed by atoms with Crippen LogP contribution in [0, 0.1) is 0 Å². The summed E-state index contributed by atoms with van der Waals surface area (Å²) >= 11 is 0. The van der Waals surface area contributed by atoms with Gasteiger partial charge in [-0.25, -0.2) is 4.79 Å². The fourth-order valence-electron chi connectivity index (χ4n) is 1.91. The molecule has 0 spiro atoms. The first-order valence-corrected chi connectivity index (χ1v) is 6.64. The number of ether oxygens (including phenoxy) is 1. The van der Waals surface area contributed by atoms with Gasteiger partial charge < -0.3 is 15.6 Å². The van der Waals surface area contributed by atoms with Gasteiger partial charge in [-0.15, -0.1) is 0 Å². The summed E-state index contributed by atoms with van der Waals surface area (Å²) in [6.45, 7) is 2.09. The lowest BCUT2D eigenvalue weighted by atomic mass is 10.2. The average molecular weight is 286 g/mol. The molecule has 2 rings (SSSR count). The molecule has 0 radical (unpaired) electrons. The van der Waals surface area contributed by atoms with Gasteiger partial charge in [-0.3, -0.25) is 4.90 Å². The number of amides is 1. The number of nitrogens with zero attached hydrogens (tertiary/aromatic N) is 1. The fourth-order valence-corrected chi connectivity index (χ4v) is 1.91. The first-order valence-electron chi connectivity index (χ1n) is 6.64. The van der Waals surface area contributed by atoms with Gasteiger partial charge in [0.15, 0.2) is 0 Å². The van der Waals surface area contributed by atoms with Crippen molar-refractivity contribution in [1.29, 1.82) is 0 Å². The van der Waals surface area contributed by atoms with E-state index >= 15 is 0 Å². The van der Waals surface area contributed by atoms with Gasteiger partial charge in [-0.1, -0.05) is 19.1 Å². The molecule has 0 heterocycles. The standard InChI is InChI=1S/C16H18N2O3/c1-3-11-4-6-12(7-5-11)21-13-8-9-14(17)15(10-13)18(2)16(19)20/h4-10H,3,17H2,1-2H3,(H,19,20). The van der Waals surface area contributed by atoms with Crippen LogP contribution in [0.25, 0.3) is 0 Å². The maximum atomic E-state index is 11.0. The van der Waals surface area contributed by atoms with E-state index < -0.39 is 6.09 Å². The van der Waals surface area contributed by atoms with Gasteiger partial charge >= 0.3 is 6.09 Å². The molecule has 0 saturated heterocycles. The Labute approximate surface area is 123 Å². The molecule has 1 amide bonds. The van der Waals surface area contributed by atoms with Gasteiger partial charge in [0.1, 0.15) is 11.5 Å². The number of hydrogen-bond donors (Lipinski definition) is 2. The first-order chi connectivity index (χ1) is 10.0. The number of carboxylic acid groups (broad SMARTS) is 1. The molecule has 0 aromatic heterocycles. The minimum atomic E-state index is -1.08. The minimum absolute atomic E-state index is 0.383. The number of nitrogen functional groups attached to an aromatic ring is 1. The lowest BCUT2D eigenvalue weighted by Crippen LogP contribution is -2.24. The number of nitrogens with two attached hydrogens (primary N) is 1. The predicted octanol–water partition coefficient (Wildman–Crippen LogP) is 3.74. The molecule has 5 heteroatoms. The van der Waals surface area contributed by atoms with E-state index in [1.54, 1.807) is 18.2 Å². The predicted molar refractivity (Wildman–Crippen MR) is 83.2 cm³/mol. The Hall–Kier alpha value is -2.69. The molecule has 0 bridgehead atoms. The average Bonchev–Trinajstić information content (AvgIpc) is 2.49. The number of hydrogen-bond acceptors (Lipinski definition) is 3. The summed E-state index contributed by atoms with van der Waals surface area (Å²) in [5.74, 6) is 1.23.